The molecule has 2 saturated heterocycles. The molecule has 0 N–H and O–H groups in total. The molecule has 0 saturated carbocycles. The Labute approximate surface area is 139 Å². The first kappa shape index (κ1) is 14.9. The molecule has 0 unspecified atom stereocenters. The van der Waals surface area contributed by atoms with Gasteiger partial charge in [0.2, 0.25) is 0 Å². The molecule has 6 heteroatoms. The molecule has 2 fully saturated rings. The highest BCUT2D eigenvalue weighted by Crippen LogP contribution is 2.46. The Morgan fingerprint density at radius 2 is 2.09 bits per heavy atom. The molecule has 120 valence electrons. The van der Waals surface area contributed by atoms with E-state index in [1.165, 1.54) is 6.07 Å². The summed E-state index contributed by atoms with van der Waals surface area (Å²) in [4.78, 5) is 10.8. The lowest BCUT2D eigenvalue weighted by Gasteiger charge is -2.47. The Kier molecular flexibility index (Phi) is 3.95. The molecule has 2 aromatic heterocycles. The molecule has 1 atom stereocenters. The van der Waals surface area contributed by atoms with E-state index in [1.807, 2.05) is 30.1 Å². The van der Waals surface area contributed by atoms with Crippen molar-refractivity contribution in [1.82, 2.24) is 14.9 Å². The van der Waals surface area contributed by atoms with E-state index in [4.69, 9.17) is 4.74 Å². The third kappa shape index (κ3) is 3.19. The fraction of sp³-hybridized carbons (Fsp3) is 0.412. The minimum atomic E-state index is -0.385. The summed E-state index contributed by atoms with van der Waals surface area (Å²) in [6.45, 7) is 2.97. The van der Waals surface area contributed by atoms with Crippen LogP contribution in [0.15, 0.2) is 42.7 Å². The molecule has 0 bridgehead atoms. The average molecular weight is 331 g/mol. The average Bonchev–Trinajstić information content (AvgIpc) is 2.94. The van der Waals surface area contributed by atoms with Crippen LogP contribution in [0.5, 0.6) is 5.88 Å². The highest BCUT2D eigenvalue weighted by molar-refractivity contribution is 8.01. The van der Waals surface area contributed by atoms with E-state index in [2.05, 4.69) is 20.9 Å². The number of thioether (sulfide) groups is 1. The number of likely N-dealkylation sites (tertiary alicyclic amines) is 1. The van der Waals surface area contributed by atoms with Crippen LogP contribution in [0.3, 0.4) is 0 Å². The molecular weight excluding hydrogens is 313 g/mol. The number of nitrogens with zero attached hydrogens (tertiary/aromatic N) is 3. The first-order chi connectivity index (χ1) is 11.2. The molecule has 4 heterocycles. The highest BCUT2D eigenvalue weighted by atomic mass is 32.2. The topological polar surface area (TPSA) is 38.2 Å². The highest BCUT2D eigenvalue weighted by Gasteiger charge is 2.49. The molecular formula is C17H18FN3OS. The van der Waals surface area contributed by atoms with E-state index in [9.17, 15) is 4.39 Å². The van der Waals surface area contributed by atoms with Gasteiger partial charge in [-0.3, -0.25) is 9.88 Å². The van der Waals surface area contributed by atoms with Gasteiger partial charge in [0, 0.05) is 48.9 Å². The molecule has 2 aliphatic heterocycles. The molecule has 2 aromatic rings. The van der Waals surface area contributed by atoms with Gasteiger partial charge < -0.3 is 4.74 Å². The Balaban J connectivity index is 1.31. The van der Waals surface area contributed by atoms with E-state index in [-0.39, 0.29) is 22.5 Å². The van der Waals surface area contributed by atoms with Crippen LogP contribution in [0, 0.1) is 5.82 Å². The third-order valence-electron chi connectivity index (χ3n) is 4.31. The first-order valence-corrected chi connectivity index (χ1v) is 8.74. The number of hydrogen-bond acceptors (Lipinski definition) is 5. The standard InChI is InChI=1S/C17H18FN3OS/c18-15-5-3-7-20-16(15)22-14-8-17(23-10-14)11-21(12-17)9-13-4-1-2-6-19-13/h1-7,14H,8-12H2/t14-/m1/s1. The summed E-state index contributed by atoms with van der Waals surface area (Å²) in [5.41, 5.74) is 1.11. The van der Waals surface area contributed by atoms with Crippen molar-refractivity contribution < 1.29 is 9.13 Å². The lowest BCUT2D eigenvalue weighted by atomic mass is 9.93. The monoisotopic (exact) mass is 331 g/mol. The summed E-state index contributed by atoms with van der Waals surface area (Å²) < 4.78 is 19.6. The van der Waals surface area contributed by atoms with Crippen LogP contribution in [0.25, 0.3) is 0 Å². The van der Waals surface area contributed by atoms with Crippen LogP contribution in [0.4, 0.5) is 4.39 Å². The smallest absolute Gasteiger partial charge is 0.250 e. The van der Waals surface area contributed by atoms with Crippen LogP contribution in [-0.4, -0.2) is 44.6 Å². The lowest BCUT2D eigenvalue weighted by molar-refractivity contribution is 0.0885. The minimum absolute atomic E-state index is 0.0430. The van der Waals surface area contributed by atoms with E-state index < -0.39 is 0 Å². The van der Waals surface area contributed by atoms with Gasteiger partial charge in [0.1, 0.15) is 6.10 Å². The van der Waals surface area contributed by atoms with Gasteiger partial charge in [0.25, 0.3) is 5.88 Å². The Morgan fingerprint density at radius 1 is 1.22 bits per heavy atom. The van der Waals surface area contributed by atoms with Crippen molar-refractivity contribution in [1.29, 1.82) is 0 Å². The van der Waals surface area contributed by atoms with Gasteiger partial charge in [0.05, 0.1) is 5.69 Å². The van der Waals surface area contributed by atoms with Gasteiger partial charge >= 0.3 is 0 Å². The zero-order valence-electron chi connectivity index (χ0n) is 12.7. The van der Waals surface area contributed by atoms with Crippen LogP contribution < -0.4 is 4.74 Å². The summed E-state index contributed by atoms with van der Waals surface area (Å²) >= 11 is 1.94. The molecule has 2 aliphatic rings. The summed E-state index contributed by atoms with van der Waals surface area (Å²) in [5.74, 6) is 0.636. The second-order valence-electron chi connectivity index (χ2n) is 6.19. The number of ether oxygens (including phenoxy) is 1. The lowest BCUT2D eigenvalue weighted by Crippen LogP contribution is -2.58. The third-order valence-corrected chi connectivity index (χ3v) is 5.89. The minimum Gasteiger partial charge on any atom is -0.471 e. The normalized spacial score (nSPS) is 22.9. The quantitative estimate of drug-likeness (QED) is 0.861. The van der Waals surface area contributed by atoms with Crippen molar-refractivity contribution >= 4 is 11.8 Å². The van der Waals surface area contributed by atoms with E-state index >= 15 is 0 Å². The predicted octanol–water partition coefficient (Wildman–Crippen LogP) is 2.75. The zero-order valence-corrected chi connectivity index (χ0v) is 13.5. The maximum absolute atomic E-state index is 13.6. The van der Waals surface area contributed by atoms with Crippen LogP contribution in [0.2, 0.25) is 0 Å². The SMILES string of the molecule is Fc1cccnc1O[C@H]1CSC2(C1)CN(Cc1ccccn1)C2. The van der Waals surface area contributed by atoms with Crippen LogP contribution in [-0.2, 0) is 6.54 Å². The molecule has 23 heavy (non-hydrogen) atoms. The number of hydrogen-bond donors (Lipinski definition) is 0. The fourth-order valence-electron chi connectivity index (χ4n) is 3.32. The van der Waals surface area contributed by atoms with Crippen molar-refractivity contribution in [3.63, 3.8) is 0 Å². The second-order valence-corrected chi connectivity index (χ2v) is 7.68. The summed E-state index contributed by atoms with van der Waals surface area (Å²) in [7, 11) is 0. The van der Waals surface area contributed by atoms with Gasteiger partial charge in [-0.15, -0.1) is 11.8 Å². The van der Waals surface area contributed by atoms with E-state index in [1.54, 1.807) is 12.3 Å². The van der Waals surface area contributed by atoms with Crippen molar-refractivity contribution in [2.45, 2.75) is 23.8 Å². The van der Waals surface area contributed by atoms with Gasteiger partial charge in [-0.2, -0.15) is 0 Å². The first-order valence-electron chi connectivity index (χ1n) is 7.76. The summed E-state index contributed by atoms with van der Waals surface area (Å²) in [6, 6.07) is 8.98. The second kappa shape index (κ2) is 6.09. The maximum atomic E-state index is 13.6. The molecule has 4 rings (SSSR count). The predicted molar refractivity (Wildman–Crippen MR) is 87.9 cm³/mol. The van der Waals surface area contributed by atoms with Crippen LogP contribution in [0.1, 0.15) is 12.1 Å². The van der Waals surface area contributed by atoms with Crippen molar-refractivity contribution in [3.8, 4) is 5.88 Å². The Hall–Kier alpha value is -1.66. The van der Waals surface area contributed by atoms with Crippen LogP contribution >= 0.6 is 11.8 Å². The maximum Gasteiger partial charge on any atom is 0.250 e. The van der Waals surface area contributed by atoms with E-state index in [0.717, 1.165) is 37.5 Å². The molecule has 0 aromatic carbocycles. The summed E-state index contributed by atoms with van der Waals surface area (Å²) in [5, 5.41) is 0. The molecule has 4 nitrogen and oxygen atoms in total. The number of aromatic nitrogens is 2. The molecule has 0 aliphatic carbocycles. The van der Waals surface area contributed by atoms with Gasteiger partial charge in [-0.05, 0) is 24.3 Å². The Morgan fingerprint density at radius 3 is 2.87 bits per heavy atom. The summed E-state index contributed by atoms with van der Waals surface area (Å²) in [6.07, 6.45) is 4.39. The number of rotatable bonds is 4. The van der Waals surface area contributed by atoms with Gasteiger partial charge in [-0.25, -0.2) is 9.37 Å². The molecule has 1 spiro atoms. The Bertz CT molecular complexity index is 679. The van der Waals surface area contributed by atoms with Crippen molar-refractivity contribution in [3.05, 3.63) is 54.2 Å². The zero-order chi connectivity index (χ0) is 15.7. The number of pyridine rings is 2. The van der Waals surface area contributed by atoms with Crippen molar-refractivity contribution in [2.75, 3.05) is 18.8 Å². The van der Waals surface area contributed by atoms with Crippen molar-refractivity contribution in [2.24, 2.45) is 0 Å². The molecule has 0 amide bonds. The largest absolute Gasteiger partial charge is 0.471 e. The van der Waals surface area contributed by atoms with Gasteiger partial charge in [-0.1, -0.05) is 6.07 Å². The fourth-order valence-corrected chi connectivity index (χ4v) is 4.89. The molecule has 0 radical (unpaired) electrons. The van der Waals surface area contributed by atoms with E-state index in [0.29, 0.717) is 0 Å². The van der Waals surface area contributed by atoms with Gasteiger partial charge in [0.15, 0.2) is 5.82 Å². The number of halogens is 1.